The third kappa shape index (κ3) is 6.04. The highest BCUT2D eigenvalue weighted by Crippen LogP contribution is 2.35. The van der Waals surface area contributed by atoms with Crippen molar-refractivity contribution in [3.63, 3.8) is 0 Å². The van der Waals surface area contributed by atoms with Crippen molar-refractivity contribution < 1.29 is 37.3 Å². The van der Waals surface area contributed by atoms with Gasteiger partial charge in [-0.05, 0) is 44.0 Å². The number of hydrogen-bond acceptors (Lipinski definition) is 8. The fourth-order valence-corrected chi connectivity index (χ4v) is 2.42. The Balaban J connectivity index is 2.61. The van der Waals surface area contributed by atoms with Crippen LogP contribution in [0, 0.1) is 11.3 Å². The number of nitrogens with zero attached hydrogens (tertiary/aromatic N) is 1. The maximum Gasteiger partial charge on any atom is 0.495 e. The van der Waals surface area contributed by atoms with Crippen LogP contribution in [-0.4, -0.2) is 36.0 Å². The van der Waals surface area contributed by atoms with Gasteiger partial charge in [0.2, 0.25) is 0 Å². The first-order chi connectivity index (χ1) is 12.0. The fourth-order valence-electron chi connectivity index (χ4n) is 1.35. The molecule has 0 heterocycles. The van der Waals surface area contributed by atoms with E-state index in [0.29, 0.717) is 20.3 Å². The molecular formula is C13H9Br2F3N2O5S. The average Bonchev–Trinajstić information content (AvgIpc) is 2.58. The lowest BCUT2D eigenvalue weighted by molar-refractivity contribution is -0.286. The van der Waals surface area contributed by atoms with E-state index >= 15 is 0 Å². The Hall–Kier alpha value is -1.49. The molecule has 13 heteroatoms. The molecule has 0 saturated carbocycles. The van der Waals surface area contributed by atoms with Gasteiger partial charge < -0.3 is 10.5 Å². The Labute approximate surface area is 167 Å². The van der Waals surface area contributed by atoms with Gasteiger partial charge in [0.25, 0.3) is 0 Å². The van der Waals surface area contributed by atoms with E-state index in [9.17, 15) is 22.8 Å². The molecule has 26 heavy (non-hydrogen) atoms. The predicted molar refractivity (Wildman–Crippen MR) is 91.0 cm³/mol. The van der Waals surface area contributed by atoms with E-state index in [1.807, 2.05) is 6.07 Å². The Morgan fingerprint density at radius 1 is 1.27 bits per heavy atom. The highest BCUT2D eigenvalue weighted by molar-refractivity contribution is 9.13. The van der Waals surface area contributed by atoms with Crippen LogP contribution in [0.5, 0.6) is 5.75 Å². The summed E-state index contributed by atoms with van der Waals surface area (Å²) >= 11 is 10.4. The van der Waals surface area contributed by atoms with Crippen molar-refractivity contribution in [3.8, 4) is 11.8 Å². The second-order valence-corrected chi connectivity index (χ2v) is 6.78. The second kappa shape index (κ2) is 9.45. The molecule has 0 aliphatic heterocycles. The monoisotopic (exact) mass is 520 g/mol. The Morgan fingerprint density at radius 2 is 1.88 bits per heavy atom. The first kappa shape index (κ1) is 22.6. The summed E-state index contributed by atoms with van der Waals surface area (Å²) < 4.78 is 42.1. The van der Waals surface area contributed by atoms with Crippen molar-refractivity contribution in [2.75, 3.05) is 6.61 Å². The summed E-state index contributed by atoms with van der Waals surface area (Å²) in [5.74, 6) is -3.85. The lowest BCUT2D eigenvalue weighted by atomic mass is 10.2. The van der Waals surface area contributed by atoms with Gasteiger partial charge in [-0.2, -0.15) is 31.1 Å². The average molecular weight is 522 g/mol. The van der Waals surface area contributed by atoms with Crippen LogP contribution in [0.3, 0.4) is 0 Å². The molecule has 0 aromatic heterocycles. The van der Waals surface area contributed by atoms with E-state index in [0.717, 1.165) is 0 Å². The number of nitriles is 1. The summed E-state index contributed by atoms with van der Waals surface area (Å²) in [4.78, 5) is 29.0. The number of hydrogen-bond donors (Lipinski definition) is 2. The van der Waals surface area contributed by atoms with Crippen LogP contribution in [-0.2, 0) is 19.4 Å². The SMILES string of the molecule is N#Cc1ccc(OC[C@@H](S)[C@H](N)C(=O)OOC(=O)C(F)(F)F)c(Br)c1Br. The molecule has 0 aliphatic rings. The van der Waals surface area contributed by atoms with Gasteiger partial charge in [0, 0.05) is 0 Å². The quantitative estimate of drug-likeness (QED) is 0.348. The van der Waals surface area contributed by atoms with Gasteiger partial charge in [0.05, 0.1) is 19.8 Å². The fraction of sp³-hybridized carbons (Fsp3) is 0.308. The van der Waals surface area contributed by atoms with Crippen LogP contribution >= 0.6 is 44.5 Å². The maximum absolute atomic E-state index is 11.9. The molecule has 2 N–H and O–H groups in total. The number of benzene rings is 1. The minimum atomic E-state index is -5.32. The molecule has 0 bridgehead atoms. The third-order valence-corrected chi connectivity index (χ3v) is 5.31. The number of halogens is 5. The van der Waals surface area contributed by atoms with Gasteiger partial charge in [-0.3, -0.25) is 0 Å². The second-order valence-electron chi connectivity index (χ2n) is 4.53. The number of alkyl halides is 3. The largest absolute Gasteiger partial charge is 0.495 e. The van der Waals surface area contributed by atoms with Crippen molar-refractivity contribution in [3.05, 3.63) is 26.6 Å². The molecule has 2 atom stereocenters. The van der Waals surface area contributed by atoms with Gasteiger partial charge in [-0.25, -0.2) is 19.4 Å². The topological polar surface area (TPSA) is 112 Å². The number of thiol groups is 1. The number of carbonyl (C=O) groups is 2. The molecule has 1 rings (SSSR count). The van der Waals surface area contributed by atoms with Crippen molar-refractivity contribution in [1.29, 1.82) is 5.26 Å². The van der Waals surface area contributed by atoms with E-state index in [1.165, 1.54) is 12.1 Å². The van der Waals surface area contributed by atoms with Crippen molar-refractivity contribution in [2.45, 2.75) is 17.5 Å². The van der Waals surface area contributed by atoms with E-state index < -0.39 is 29.4 Å². The smallest absolute Gasteiger partial charge is 0.491 e. The molecule has 1 aromatic rings. The van der Waals surface area contributed by atoms with E-state index in [4.69, 9.17) is 15.7 Å². The third-order valence-electron chi connectivity index (χ3n) is 2.69. The van der Waals surface area contributed by atoms with Gasteiger partial charge in [-0.1, -0.05) is 0 Å². The number of ether oxygens (including phenoxy) is 1. The van der Waals surface area contributed by atoms with Crippen molar-refractivity contribution in [2.24, 2.45) is 5.73 Å². The minimum Gasteiger partial charge on any atom is -0.491 e. The number of nitrogens with two attached hydrogens (primary N) is 1. The molecule has 0 amide bonds. The first-order valence-electron chi connectivity index (χ1n) is 6.43. The normalized spacial score (nSPS) is 13.3. The maximum atomic E-state index is 11.9. The lowest BCUT2D eigenvalue weighted by Gasteiger charge is -2.18. The van der Waals surface area contributed by atoms with E-state index in [-0.39, 0.29) is 6.61 Å². The summed E-state index contributed by atoms with van der Waals surface area (Å²) in [5.41, 5.74) is 5.81. The summed E-state index contributed by atoms with van der Waals surface area (Å²) in [5, 5.41) is 7.89. The predicted octanol–water partition coefficient (Wildman–Crippen LogP) is 2.65. The molecule has 0 aliphatic carbocycles. The molecule has 7 nitrogen and oxygen atoms in total. The number of carbonyl (C=O) groups excluding carboxylic acids is 2. The van der Waals surface area contributed by atoms with Crippen molar-refractivity contribution >= 4 is 56.4 Å². The molecule has 1 aromatic carbocycles. The standard InChI is InChI=1S/C13H9Br2F3N2O5S/c14-8-5(3-19)1-2-6(9(8)15)23-4-7(26)10(20)11(21)24-25-12(22)13(16,17)18/h1-2,7,10,26H,4,20H2/t7-,10+/m1/s1. The van der Waals surface area contributed by atoms with Crippen LogP contribution in [0.1, 0.15) is 5.56 Å². The van der Waals surface area contributed by atoms with Crippen LogP contribution in [0.25, 0.3) is 0 Å². The van der Waals surface area contributed by atoms with E-state index in [2.05, 4.69) is 54.3 Å². The lowest BCUT2D eigenvalue weighted by Crippen LogP contribution is -2.43. The molecule has 0 unspecified atom stereocenters. The highest BCUT2D eigenvalue weighted by atomic mass is 79.9. The van der Waals surface area contributed by atoms with Gasteiger partial charge in [0.1, 0.15) is 24.5 Å². The Bertz CT molecular complexity index is 742. The minimum absolute atomic E-state index is 0.246. The van der Waals surface area contributed by atoms with Crippen LogP contribution in [0.2, 0.25) is 0 Å². The molecule has 0 spiro atoms. The van der Waals surface area contributed by atoms with Crippen LogP contribution < -0.4 is 10.5 Å². The molecular weight excluding hydrogens is 513 g/mol. The zero-order valence-corrected chi connectivity index (χ0v) is 16.5. The first-order valence-corrected chi connectivity index (χ1v) is 8.53. The van der Waals surface area contributed by atoms with Crippen LogP contribution in [0.4, 0.5) is 13.2 Å². The van der Waals surface area contributed by atoms with Crippen molar-refractivity contribution in [1.82, 2.24) is 0 Å². The molecule has 142 valence electrons. The summed E-state index contributed by atoms with van der Waals surface area (Å²) in [6.07, 6.45) is -5.32. The molecule has 0 saturated heterocycles. The molecule has 0 radical (unpaired) electrons. The Kier molecular flexibility index (Phi) is 8.19. The van der Waals surface area contributed by atoms with Crippen LogP contribution in [0.15, 0.2) is 21.1 Å². The van der Waals surface area contributed by atoms with E-state index in [1.54, 1.807) is 0 Å². The Morgan fingerprint density at radius 3 is 2.42 bits per heavy atom. The highest BCUT2D eigenvalue weighted by Gasteiger charge is 2.43. The van der Waals surface area contributed by atoms with Gasteiger partial charge >= 0.3 is 18.1 Å². The zero-order chi connectivity index (χ0) is 20.1. The summed E-state index contributed by atoms with van der Waals surface area (Å²) in [6, 6.07) is 3.35. The number of rotatable bonds is 5. The summed E-state index contributed by atoms with van der Waals surface area (Å²) in [6.45, 7) is -0.246. The van der Waals surface area contributed by atoms with Gasteiger partial charge in [-0.15, -0.1) is 0 Å². The van der Waals surface area contributed by atoms with Gasteiger partial charge in [0.15, 0.2) is 0 Å². The molecule has 0 fully saturated rings. The zero-order valence-electron chi connectivity index (χ0n) is 12.4. The summed E-state index contributed by atoms with van der Waals surface area (Å²) in [7, 11) is 0.